The number of carbonyl (C=O) groups excluding carboxylic acids is 1. The maximum atomic E-state index is 11.3. The minimum atomic E-state index is -0.518. The van der Waals surface area contributed by atoms with E-state index in [1.807, 2.05) is 6.07 Å². The van der Waals surface area contributed by atoms with Gasteiger partial charge in [0.05, 0.1) is 12.3 Å². The second-order valence-corrected chi connectivity index (χ2v) is 3.96. The van der Waals surface area contributed by atoms with Crippen LogP contribution in [0.15, 0.2) is 6.20 Å². The van der Waals surface area contributed by atoms with E-state index in [4.69, 9.17) is 16.9 Å². The van der Waals surface area contributed by atoms with E-state index < -0.39 is 6.04 Å². The normalized spacial score (nSPS) is 11.8. The molecule has 0 bridgehead atoms. The number of carbonyl (C=O) groups is 1. The van der Waals surface area contributed by atoms with Crippen LogP contribution in [0.5, 0.6) is 0 Å². The smallest absolute Gasteiger partial charge is 0.281 e. The summed E-state index contributed by atoms with van der Waals surface area (Å²) in [4.78, 5) is 15.0. The molecule has 0 aromatic carbocycles. The molecule has 6 heteroatoms. The van der Waals surface area contributed by atoms with Crippen molar-refractivity contribution in [3.63, 3.8) is 0 Å². The molecule has 0 aliphatic heterocycles. The second-order valence-electron chi connectivity index (χ2n) is 2.29. The van der Waals surface area contributed by atoms with Crippen molar-refractivity contribution < 1.29 is 4.79 Å². The van der Waals surface area contributed by atoms with Crippen LogP contribution in [0.2, 0.25) is 4.34 Å². The molecule has 0 unspecified atom stereocenters. The van der Waals surface area contributed by atoms with E-state index in [9.17, 15) is 4.79 Å². The van der Waals surface area contributed by atoms with Crippen molar-refractivity contribution in [2.24, 2.45) is 0 Å². The van der Waals surface area contributed by atoms with Crippen LogP contribution in [0, 0.1) is 11.3 Å². The Morgan fingerprint density at radius 2 is 2.62 bits per heavy atom. The van der Waals surface area contributed by atoms with Crippen LogP contribution in [0.25, 0.3) is 0 Å². The lowest BCUT2D eigenvalue weighted by Crippen LogP contribution is -2.31. The Morgan fingerprint density at radius 3 is 3.08 bits per heavy atom. The summed E-state index contributed by atoms with van der Waals surface area (Å²) in [7, 11) is 0. The Balaban J connectivity index is 2.65. The van der Waals surface area contributed by atoms with Crippen LogP contribution in [-0.2, 0) is 0 Å². The summed E-state index contributed by atoms with van der Waals surface area (Å²) >= 11 is 6.67. The summed E-state index contributed by atoms with van der Waals surface area (Å²) < 4.78 is 0.453. The van der Waals surface area contributed by atoms with Gasteiger partial charge in [-0.1, -0.05) is 22.9 Å². The van der Waals surface area contributed by atoms with E-state index in [0.717, 1.165) is 11.3 Å². The average molecular weight is 216 g/mol. The molecule has 1 aromatic heterocycles. The van der Waals surface area contributed by atoms with E-state index in [1.54, 1.807) is 6.92 Å². The fourth-order valence-corrected chi connectivity index (χ4v) is 1.47. The second kappa shape index (κ2) is 4.21. The fourth-order valence-electron chi connectivity index (χ4n) is 0.650. The first-order valence-electron chi connectivity index (χ1n) is 3.45. The molecule has 1 heterocycles. The first kappa shape index (κ1) is 9.96. The summed E-state index contributed by atoms with van der Waals surface area (Å²) in [6.07, 6.45) is 1.40. The standard InChI is InChI=1S/C7H6ClN3OS/c1-4(2-9)11-6(12)7-10-3-5(8)13-7/h3-4H,1H3,(H,11,12)/t4-/m1/s1. The first-order valence-corrected chi connectivity index (χ1v) is 4.64. The minimum Gasteiger partial charge on any atom is -0.334 e. The van der Waals surface area contributed by atoms with Gasteiger partial charge in [0, 0.05) is 0 Å². The number of hydrogen-bond acceptors (Lipinski definition) is 4. The van der Waals surface area contributed by atoms with E-state index >= 15 is 0 Å². The molecule has 0 aliphatic rings. The van der Waals surface area contributed by atoms with Gasteiger partial charge in [-0.25, -0.2) is 4.98 Å². The molecule has 0 spiro atoms. The monoisotopic (exact) mass is 215 g/mol. The molecule has 1 amide bonds. The summed E-state index contributed by atoms with van der Waals surface area (Å²) in [6.45, 7) is 1.59. The van der Waals surface area contributed by atoms with E-state index in [1.165, 1.54) is 6.20 Å². The lowest BCUT2D eigenvalue weighted by Gasteiger charge is -2.02. The van der Waals surface area contributed by atoms with Crippen LogP contribution in [0.4, 0.5) is 0 Å². The molecule has 0 saturated heterocycles. The van der Waals surface area contributed by atoms with Gasteiger partial charge >= 0.3 is 0 Å². The molecule has 0 radical (unpaired) electrons. The van der Waals surface area contributed by atoms with Gasteiger partial charge in [0.2, 0.25) is 0 Å². The molecule has 1 N–H and O–H groups in total. The van der Waals surface area contributed by atoms with Crippen LogP contribution >= 0.6 is 22.9 Å². The first-order chi connectivity index (χ1) is 6.13. The molecule has 68 valence electrons. The van der Waals surface area contributed by atoms with Gasteiger partial charge in [0.25, 0.3) is 5.91 Å². The van der Waals surface area contributed by atoms with E-state index in [2.05, 4.69) is 10.3 Å². The molecular weight excluding hydrogens is 210 g/mol. The predicted octanol–water partition coefficient (Wildman–Crippen LogP) is 1.44. The minimum absolute atomic E-state index is 0.270. The van der Waals surface area contributed by atoms with Crippen molar-refractivity contribution in [3.05, 3.63) is 15.5 Å². The Labute approximate surface area is 84.2 Å². The highest BCUT2D eigenvalue weighted by Gasteiger charge is 2.12. The largest absolute Gasteiger partial charge is 0.334 e. The quantitative estimate of drug-likeness (QED) is 0.812. The molecule has 1 atom stereocenters. The van der Waals surface area contributed by atoms with Crippen molar-refractivity contribution in [2.45, 2.75) is 13.0 Å². The van der Waals surface area contributed by atoms with Crippen molar-refractivity contribution >= 4 is 28.8 Å². The molecule has 1 rings (SSSR count). The Bertz CT molecular complexity index is 357. The third kappa shape index (κ3) is 2.68. The van der Waals surface area contributed by atoms with Gasteiger partial charge in [-0.3, -0.25) is 4.79 Å². The topological polar surface area (TPSA) is 65.8 Å². The highest BCUT2D eigenvalue weighted by molar-refractivity contribution is 7.17. The highest BCUT2D eigenvalue weighted by atomic mass is 35.5. The lowest BCUT2D eigenvalue weighted by molar-refractivity contribution is 0.0947. The summed E-state index contributed by atoms with van der Waals surface area (Å²) in [5.74, 6) is -0.369. The van der Waals surface area contributed by atoms with Crippen LogP contribution in [0.3, 0.4) is 0 Å². The molecule has 0 aliphatic carbocycles. The lowest BCUT2D eigenvalue weighted by atomic mass is 10.4. The van der Waals surface area contributed by atoms with Crippen molar-refractivity contribution in [1.82, 2.24) is 10.3 Å². The molecule has 0 saturated carbocycles. The summed E-state index contributed by atoms with van der Waals surface area (Å²) in [5.41, 5.74) is 0. The Hall–Kier alpha value is -1.12. The van der Waals surface area contributed by atoms with Gasteiger partial charge in [-0.05, 0) is 6.92 Å². The molecule has 1 aromatic rings. The van der Waals surface area contributed by atoms with Crippen molar-refractivity contribution in [1.29, 1.82) is 5.26 Å². The molecule has 4 nitrogen and oxygen atoms in total. The predicted molar refractivity (Wildman–Crippen MR) is 49.7 cm³/mol. The van der Waals surface area contributed by atoms with Crippen LogP contribution in [0.1, 0.15) is 16.7 Å². The number of nitriles is 1. The van der Waals surface area contributed by atoms with Crippen LogP contribution in [-0.4, -0.2) is 16.9 Å². The zero-order valence-corrected chi connectivity index (χ0v) is 8.32. The number of halogens is 1. The van der Waals surface area contributed by atoms with Gasteiger partial charge in [-0.15, -0.1) is 0 Å². The average Bonchev–Trinajstić information content (AvgIpc) is 2.51. The van der Waals surface area contributed by atoms with E-state index in [0.29, 0.717) is 4.34 Å². The zero-order valence-electron chi connectivity index (χ0n) is 6.74. The maximum Gasteiger partial charge on any atom is 0.281 e. The SMILES string of the molecule is C[C@H](C#N)NC(=O)c1ncc(Cl)s1. The number of aromatic nitrogens is 1. The number of thiazole rings is 1. The maximum absolute atomic E-state index is 11.3. The van der Waals surface area contributed by atoms with Gasteiger partial charge < -0.3 is 5.32 Å². The molecule has 13 heavy (non-hydrogen) atoms. The number of amides is 1. The third-order valence-electron chi connectivity index (χ3n) is 1.21. The third-order valence-corrected chi connectivity index (χ3v) is 2.33. The highest BCUT2D eigenvalue weighted by Crippen LogP contribution is 2.17. The van der Waals surface area contributed by atoms with Crippen LogP contribution < -0.4 is 5.32 Å². The number of nitrogens with zero attached hydrogens (tertiary/aromatic N) is 2. The number of rotatable bonds is 2. The summed E-state index contributed by atoms with van der Waals surface area (Å²) in [6, 6.07) is 1.37. The Morgan fingerprint density at radius 1 is 1.92 bits per heavy atom. The number of hydrogen-bond donors (Lipinski definition) is 1. The molecular formula is C7H6ClN3OS. The van der Waals surface area contributed by atoms with Crippen molar-refractivity contribution in [2.75, 3.05) is 0 Å². The zero-order chi connectivity index (χ0) is 9.84. The van der Waals surface area contributed by atoms with E-state index in [-0.39, 0.29) is 10.9 Å². The van der Waals surface area contributed by atoms with Gasteiger partial charge in [-0.2, -0.15) is 5.26 Å². The van der Waals surface area contributed by atoms with Crippen molar-refractivity contribution in [3.8, 4) is 6.07 Å². The molecule has 0 fully saturated rings. The van der Waals surface area contributed by atoms with Gasteiger partial charge in [0.1, 0.15) is 10.4 Å². The fraction of sp³-hybridized carbons (Fsp3) is 0.286. The Kier molecular flexibility index (Phi) is 3.23. The number of nitrogens with one attached hydrogen (secondary N) is 1. The summed E-state index contributed by atoms with van der Waals surface area (Å²) in [5, 5.41) is 11.1. The van der Waals surface area contributed by atoms with Gasteiger partial charge in [0.15, 0.2) is 5.01 Å².